The fourth-order valence-electron chi connectivity index (χ4n) is 2.56. The van der Waals surface area contributed by atoms with Crippen molar-refractivity contribution in [3.8, 4) is 17.3 Å². The molecule has 2 aromatic heterocycles. The van der Waals surface area contributed by atoms with E-state index in [1.54, 1.807) is 24.3 Å². The van der Waals surface area contributed by atoms with Crippen LogP contribution >= 0.6 is 23.2 Å². The molecule has 4 rings (SSSR count). The van der Waals surface area contributed by atoms with E-state index in [1.165, 1.54) is 0 Å². The highest BCUT2D eigenvalue weighted by Crippen LogP contribution is 2.37. The van der Waals surface area contributed by atoms with Gasteiger partial charge in [-0.05, 0) is 31.4 Å². The average Bonchev–Trinajstić information content (AvgIpc) is 3.21. The normalized spacial score (nSPS) is 15.8. The zero-order valence-electron chi connectivity index (χ0n) is 13.0. The second-order valence-corrected chi connectivity index (χ2v) is 6.77. The van der Waals surface area contributed by atoms with Gasteiger partial charge in [0.2, 0.25) is 0 Å². The number of ether oxygens (including phenoxy) is 1. The van der Waals surface area contributed by atoms with Crippen molar-refractivity contribution in [2.24, 2.45) is 5.73 Å². The van der Waals surface area contributed by atoms with E-state index < -0.39 is 5.54 Å². The molecule has 3 aromatic rings. The molecular formula is C16H14Cl2N4O3. The maximum atomic E-state index is 6.19. The van der Waals surface area contributed by atoms with Gasteiger partial charge in [0.1, 0.15) is 6.61 Å². The van der Waals surface area contributed by atoms with Crippen molar-refractivity contribution in [2.75, 3.05) is 0 Å². The first-order valence-corrected chi connectivity index (χ1v) is 8.47. The quantitative estimate of drug-likeness (QED) is 0.714. The predicted molar refractivity (Wildman–Crippen MR) is 90.3 cm³/mol. The van der Waals surface area contributed by atoms with Crippen molar-refractivity contribution in [1.29, 1.82) is 0 Å². The Hall–Kier alpha value is -2.09. The van der Waals surface area contributed by atoms with E-state index >= 15 is 0 Å². The largest absolute Gasteiger partial charge is 0.482 e. The van der Waals surface area contributed by atoms with Gasteiger partial charge in [-0.3, -0.25) is 0 Å². The van der Waals surface area contributed by atoms with E-state index in [9.17, 15) is 0 Å². The Morgan fingerprint density at radius 2 is 1.92 bits per heavy atom. The molecule has 1 aliphatic rings. The lowest BCUT2D eigenvalue weighted by atomic mass is 9.77. The summed E-state index contributed by atoms with van der Waals surface area (Å²) in [5.74, 6) is 1.62. The van der Waals surface area contributed by atoms with E-state index in [0.29, 0.717) is 33.1 Å². The van der Waals surface area contributed by atoms with Gasteiger partial charge >= 0.3 is 0 Å². The number of hydrogen-bond acceptors (Lipinski definition) is 7. The van der Waals surface area contributed by atoms with Crippen molar-refractivity contribution in [1.82, 2.24) is 15.3 Å². The van der Waals surface area contributed by atoms with Crippen LogP contribution in [0.25, 0.3) is 11.6 Å². The Bertz CT molecular complexity index is 884. The molecule has 0 saturated heterocycles. The maximum Gasteiger partial charge on any atom is 0.280 e. The third-order valence-electron chi connectivity index (χ3n) is 4.17. The van der Waals surface area contributed by atoms with Gasteiger partial charge in [0.05, 0.1) is 15.6 Å². The van der Waals surface area contributed by atoms with Gasteiger partial charge < -0.3 is 19.5 Å². The molecule has 0 amide bonds. The molecule has 2 N–H and O–H groups in total. The third kappa shape index (κ3) is 3.10. The van der Waals surface area contributed by atoms with Gasteiger partial charge in [0.15, 0.2) is 23.0 Å². The number of aromatic nitrogens is 3. The predicted octanol–water partition coefficient (Wildman–Crippen LogP) is 3.95. The first-order valence-electron chi connectivity index (χ1n) is 7.71. The Labute approximate surface area is 153 Å². The minimum atomic E-state index is -0.488. The summed E-state index contributed by atoms with van der Waals surface area (Å²) in [5.41, 5.74) is 6.12. The molecule has 1 fully saturated rings. The number of hydrogen-bond donors (Lipinski definition) is 1. The fourth-order valence-corrected chi connectivity index (χ4v) is 3.06. The minimum Gasteiger partial charge on any atom is -0.482 e. The van der Waals surface area contributed by atoms with Crippen LogP contribution in [0.4, 0.5) is 0 Å². The van der Waals surface area contributed by atoms with Gasteiger partial charge in [0, 0.05) is 6.07 Å². The van der Waals surface area contributed by atoms with Gasteiger partial charge in [-0.15, -0.1) is 0 Å². The molecule has 0 bridgehead atoms. The molecule has 2 heterocycles. The van der Waals surface area contributed by atoms with Crippen LogP contribution in [-0.4, -0.2) is 15.3 Å². The van der Waals surface area contributed by atoms with Crippen LogP contribution in [0.5, 0.6) is 5.75 Å². The molecule has 7 nitrogen and oxygen atoms in total. The van der Waals surface area contributed by atoms with Crippen molar-refractivity contribution >= 4 is 23.2 Å². The summed E-state index contributed by atoms with van der Waals surface area (Å²) in [5, 5.41) is 8.72. The lowest BCUT2D eigenvalue weighted by Crippen LogP contribution is -2.44. The molecule has 130 valence electrons. The summed E-state index contributed by atoms with van der Waals surface area (Å²) < 4.78 is 16.1. The highest BCUT2D eigenvalue weighted by Gasteiger charge is 2.39. The van der Waals surface area contributed by atoms with Gasteiger partial charge in [-0.1, -0.05) is 39.6 Å². The first kappa shape index (κ1) is 16.4. The van der Waals surface area contributed by atoms with Crippen molar-refractivity contribution in [3.63, 3.8) is 0 Å². The Morgan fingerprint density at radius 1 is 1.16 bits per heavy atom. The smallest absolute Gasteiger partial charge is 0.280 e. The van der Waals surface area contributed by atoms with Crippen LogP contribution in [0.15, 0.2) is 33.3 Å². The van der Waals surface area contributed by atoms with Gasteiger partial charge in [-0.25, -0.2) is 0 Å². The molecule has 0 radical (unpaired) electrons. The first-order chi connectivity index (χ1) is 12.0. The van der Waals surface area contributed by atoms with Crippen LogP contribution in [0.3, 0.4) is 0 Å². The average molecular weight is 381 g/mol. The zero-order valence-corrected chi connectivity index (χ0v) is 14.5. The summed E-state index contributed by atoms with van der Waals surface area (Å²) in [7, 11) is 0. The number of benzene rings is 1. The van der Waals surface area contributed by atoms with E-state index in [4.69, 9.17) is 42.7 Å². The lowest BCUT2D eigenvalue weighted by molar-refractivity contribution is 0.229. The standard InChI is InChI=1S/C16H14Cl2N4O3/c17-10-3-1-4-11(18)13(10)23-8-9-7-12(21-24-9)14-20-15(22-25-14)16(19)5-2-6-16/h1,3-4,7H,2,5-6,8,19H2. The number of nitrogens with zero attached hydrogens (tertiary/aromatic N) is 3. The summed E-state index contributed by atoms with van der Waals surface area (Å²) in [4.78, 5) is 4.33. The van der Waals surface area contributed by atoms with Crippen molar-refractivity contribution in [3.05, 3.63) is 45.9 Å². The van der Waals surface area contributed by atoms with E-state index in [2.05, 4.69) is 15.3 Å². The Morgan fingerprint density at radius 3 is 2.60 bits per heavy atom. The minimum absolute atomic E-state index is 0.109. The molecule has 1 saturated carbocycles. The third-order valence-corrected chi connectivity index (χ3v) is 4.77. The van der Waals surface area contributed by atoms with Crippen LogP contribution in [-0.2, 0) is 12.1 Å². The number of rotatable bonds is 5. The van der Waals surface area contributed by atoms with Gasteiger partial charge in [-0.2, -0.15) is 4.98 Å². The van der Waals surface area contributed by atoms with Crippen LogP contribution < -0.4 is 10.5 Å². The molecule has 9 heteroatoms. The topological polar surface area (TPSA) is 100 Å². The molecular weight excluding hydrogens is 367 g/mol. The van der Waals surface area contributed by atoms with Crippen molar-refractivity contribution < 1.29 is 13.8 Å². The highest BCUT2D eigenvalue weighted by molar-refractivity contribution is 6.37. The SMILES string of the molecule is NC1(c2noc(-c3cc(COc4c(Cl)cccc4Cl)on3)n2)CCC1. The van der Waals surface area contributed by atoms with Gasteiger partial charge in [0.25, 0.3) is 5.89 Å². The molecule has 1 aliphatic carbocycles. The molecule has 0 spiro atoms. The monoisotopic (exact) mass is 380 g/mol. The Kier molecular flexibility index (Phi) is 4.15. The second-order valence-electron chi connectivity index (χ2n) is 5.95. The second kappa shape index (κ2) is 6.33. The summed E-state index contributed by atoms with van der Waals surface area (Å²) in [6.07, 6.45) is 2.77. The number of nitrogens with two attached hydrogens (primary N) is 1. The molecule has 1 aromatic carbocycles. The zero-order chi connectivity index (χ0) is 17.4. The molecule has 0 unspecified atom stereocenters. The summed E-state index contributed by atoms with van der Waals surface area (Å²) in [6, 6.07) is 6.78. The van der Waals surface area contributed by atoms with Crippen LogP contribution in [0.2, 0.25) is 10.0 Å². The van der Waals surface area contributed by atoms with Crippen LogP contribution in [0, 0.1) is 0 Å². The highest BCUT2D eigenvalue weighted by atomic mass is 35.5. The van der Waals surface area contributed by atoms with E-state index in [0.717, 1.165) is 19.3 Å². The molecule has 25 heavy (non-hydrogen) atoms. The summed E-state index contributed by atoms with van der Waals surface area (Å²) >= 11 is 12.1. The fraction of sp³-hybridized carbons (Fsp3) is 0.312. The maximum absolute atomic E-state index is 6.19. The van der Waals surface area contributed by atoms with Crippen molar-refractivity contribution in [2.45, 2.75) is 31.4 Å². The lowest BCUT2D eigenvalue weighted by Gasteiger charge is -2.34. The van der Waals surface area contributed by atoms with E-state index in [1.807, 2.05) is 0 Å². The molecule has 0 atom stereocenters. The number of halogens is 2. The molecule has 0 aliphatic heterocycles. The number of para-hydroxylation sites is 1. The van der Waals surface area contributed by atoms with E-state index in [-0.39, 0.29) is 12.5 Å². The van der Waals surface area contributed by atoms with Crippen LogP contribution in [0.1, 0.15) is 30.8 Å². The Balaban J connectivity index is 1.47. The summed E-state index contributed by atoms with van der Waals surface area (Å²) in [6.45, 7) is 0.109.